The lowest BCUT2D eigenvalue weighted by atomic mass is 10.5. The van der Waals surface area contributed by atoms with Crippen molar-refractivity contribution >= 4 is 12.6 Å². The van der Waals surface area contributed by atoms with Gasteiger partial charge in [-0.15, -0.1) is 12.6 Å². The highest BCUT2D eigenvalue weighted by molar-refractivity contribution is 7.80. The van der Waals surface area contributed by atoms with Gasteiger partial charge in [0.15, 0.2) is 0 Å². The Morgan fingerprint density at radius 2 is 2.25 bits per heavy atom. The van der Waals surface area contributed by atoms with E-state index in [1.54, 1.807) is 6.07 Å². The van der Waals surface area contributed by atoms with Crippen molar-refractivity contribution in [1.82, 2.24) is 4.98 Å². The third-order valence-corrected chi connectivity index (χ3v) is 0.976. The van der Waals surface area contributed by atoms with Crippen LogP contribution in [0.4, 0.5) is 4.39 Å². The Hall–Kier alpha value is -0.570. The maximum absolute atomic E-state index is 11.9. The molecule has 0 unspecified atom stereocenters. The average molecular weight is 129 g/mol. The van der Waals surface area contributed by atoms with Gasteiger partial charge in [0, 0.05) is 11.1 Å². The molecular weight excluding hydrogens is 125 g/mol. The van der Waals surface area contributed by atoms with Gasteiger partial charge in [-0.25, -0.2) is 4.98 Å². The van der Waals surface area contributed by atoms with Crippen LogP contribution in [0.5, 0.6) is 0 Å². The van der Waals surface area contributed by atoms with Crippen molar-refractivity contribution < 1.29 is 4.39 Å². The number of rotatable bonds is 0. The van der Waals surface area contributed by atoms with Gasteiger partial charge in [0.2, 0.25) is 5.95 Å². The lowest BCUT2D eigenvalue weighted by Crippen LogP contribution is -1.77. The standard InChI is InChI=1S/C5H4FNS/c6-5-2-1-4(8)3-7-5/h1-3,8H. The largest absolute Gasteiger partial charge is 0.227 e. The van der Waals surface area contributed by atoms with Crippen LogP contribution in [0.3, 0.4) is 0 Å². The molecule has 0 fully saturated rings. The molecule has 0 aliphatic carbocycles. The van der Waals surface area contributed by atoms with Crippen LogP contribution in [0, 0.1) is 5.95 Å². The number of halogens is 1. The number of hydrogen-bond donors (Lipinski definition) is 1. The van der Waals surface area contributed by atoms with Gasteiger partial charge in [-0.2, -0.15) is 4.39 Å². The normalized spacial score (nSPS) is 9.25. The van der Waals surface area contributed by atoms with Crippen molar-refractivity contribution in [3.05, 3.63) is 24.3 Å². The zero-order valence-electron chi connectivity index (χ0n) is 4.00. The zero-order chi connectivity index (χ0) is 5.98. The molecule has 0 spiro atoms. The summed E-state index contributed by atoms with van der Waals surface area (Å²) in [6.45, 7) is 0. The Morgan fingerprint density at radius 1 is 1.50 bits per heavy atom. The molecular formula is C5H4FNS. The highest BCUT2D eigenvalue weighted by Crippen LogP contribution is 2.01. The molecule has 1 rings (SSSR count). The molecule has 1 aromatic heterocycles. The first kappa shape index (κ1) is 5.56. The fourth-order valence-corrected chi connectivity index (χ4v) is 0.500. The van der Waals surface area contributed by atoms with Gasteiger partial charge in [-0.05, 0) is 12.1 Å². The maximum Gasteiger partial charge on any atom is 0.212 e. The van der Waals surface area contributed by atoms with E-state index < -0.39 is 5.95 Å². The Labute approximate surface area is 52.0 Å². The van der Waals surface area contributed by atoms with Crippen molar-refractivity contribution in [3.8, 4) is 0 Å². The molecule has 8 heavy (non-hydrogen) atoms. The number of hydrogen-bond acceptors (Lipinski definition) is 2. The number of nitrogens with zero attached hydrogens (tertiary/aromatic N) is 1. The molecule has 0 atom stereocenters. The van der Waals surface area contributed by atoms with Crippen LogP contribution in [-0.4, -0.2) is 4.98 Å². The SMILES string of the molecule is Fc1ccc(S)cn1. The molecule has 0 saturated carbocycles. The Balaban J connectivity index is 3.03. The number of pyridine rings is 1. The number of thiol groups is 1. The molecule has 1 heterocycles. The topological polar surface area (TPSA) is 12.9 Å². The van der Waals surface area contributed by atoms with E-state index in [1.807, 2.05) is 0 Å². The van der Waals surface area contributed by atoms with Crippen LogP contribution in [0.25, 0.3) is 0 Å². The predicted octanol–water partition coefficient (Wildman–Crippen LogP) is 1.51. The monoisotopic (exact) mass is 129 g/mol. The molecule has 0 saturated heterocycles. The molecule has 0 aromatic carbocycles. The second-order valence-corrected chi connectivity index (χ2v) is 1.86. The Bertz CT molecular complexity index is 151. The molecule has 42 valence electrons. The summed E-state index contributed by atoms with van der Waals surface area (Å²) in [5.41, 5.74) is 0. The minimum atomic E-state index is -0.470. The van der Waals surface area contributed by atoms with Crippen molar-refractivity contribution in [1.29, 1.82) is 0 Å². The van der Waals surface area contributed by atoms with Gasteiger partial charge in [-0.1, -0.05) is 0 Å². The van der Waals surface area contributed by atoms with Crippen molar-refractivity contribution in [2.24, 2.45) is 0 Å². The Morgan fingerprint density at radius 3 is 2.62 bits per heavy atom. The van der Waals surface area contributed by atoms with Gasteiger partial charge in [0.1, 0.15) is 0 Å². The summed E-state index contributed by atoms with van der Waals surface area (Å²) in [5.74, 6) is -0.470. The van der Waals surface area contributed by atoms with Gasteiger partial charge >= 0.3 is 0 Å². The first-order valence-electron chi connectivity index (χ1n) is 2.09. The minimum Gasteiger partial charge on any atom is -0.227 e. The third kappa shape index (κ3) is 1.20. The van der Waals surface area contributed by atoms with Crippen LogP contribution in [0.1, 0.15) is 0 Å². The lowest BCUT2D eigenvalue weighted by molar-refractivity contribution is 0.581. The molecule has 0 bridgehead atoms. The van der Waals surface area contributed by atoms with E-state index in [2.05, 4.69) is 17.6 Å². The molecule has 0 radical (unpaired) electrons. The minimum absolute atomic E-state index is 0.470. The van der Waals surface area contributed by atoms with E-state index in [0.717, 1.165) is 0 Å². The first-order valence-corrected chi connectivity index (χ1v) is 2.54. The molecule has 0 aliphatic heterocycles. The summed E-state index contributed by atoms with van der Waals surface area (Å²) in [5, 5.41) is 0. The molecule has 1 aromatic rings. The third-order valence-electron chi connectivity index (χ3n) is 0.712. The quantitative estimate of drug-likeness (QED) is 0.414. The predicted molar refractivity (Wildman–Crippen MR) is 31.4 cm³/mol. The van der Waals surface area contributed by atoms with Crippen LogP contribution in [-0.2, 0) is 0 Å². The van der Waals surface area contributed by atoms with Gasteiger partial charge in [0.05, 0.1) is 0 Å². The summed E-state index contributed by atoms with van der Waals surface area (Å²) in [7, 11) is 0. The van der Waals surface area contributed by atoms with E-state index in [-0.39, 0.29) is 0 Å². The summed E-state index contributed by atoms with van der Waals surface area (Å²) < 4.78 is 11.9. The number of aromatic nitrogens is 1. The van der Waals surface area contributed by atoms with E-state index in [9.17, 15) is 4.39 Å². The molecule has 3 heteroatoms. The van der Waals surface area contributed by atoms with Crippen molar-refractivity contribution in [2.45, 2.75) is 4.90 Å². The van der Waals surface area contributed by atoms with E-state index >= 15 is 0 Å². The van der Waals surface area contributed by atoms with Crippen molar-refractivity contribution in [2.75, 3.05) is 0 Å². The van der Waals surface area contributed by atoms with Gasteiger partial charge in [0.25, 0.3) is 0 Å². The smallest absolute Gasteiger partial charge is 0.212 e. The molecule has 0 aliphatic rings. The fraction of sp³-hybridized carbons (Fsp3) is 0. The van der Waals surface area contributed by atoms with Crippen LogP contribution in [0.15, 0.2) is 23.2 Å². The van der Waals surface area contributed by atoms with E-state index in [0.29, 0.717) is 4.90 Å². The van der Waals surface area contributed by atoms with Crippen LogP contribution >= 0.6 is 12.6 Å². The van der Waals surface area contributed by atoms with E-state index in [1.165, 1.54) is 12.3 Å². The van der Waals surface area contributed by atoms with E-state index in [4.69, 9.17) is 0 Å². The highest BCUT2D eigenvalue weighted by Gasteiger charge is 1.85. The second kappa shape index (κ2) is 2.13. The van der Waals surface area contributed by atoms with Crippen LogP contribution in [0.2, 0.25) is 0 Å². The Kier molecular flexibility index (Phi) is 1.48. The molecule has 0 amide bonds. The second-order valence-electron chi connectivity index (χ2n) is 1.34. The molecule has 0 N–H and O–H groups in total. The summed E-state index contributed by atoms with van der Waals surface area (Å²) in [6, 6.07) is 2.81. The first-order chi connectivity index (χ1) is 3.79. The molecule has 1 nitrogen and oxygen atoms in total. The lowest BCUT2D eigenvalue weighted by Gasteiger charge is -1.85. The van der Waals surface area contributed by atoms with Gasteiger partial charge in [-0.3, -0.25) is 0 Å². The zero-order valence-corrected chi connectivity index (χ0v) is 4.90. The summed E-state index contributed by atoms with van der Waals surface area (Å²) in [4.78, 5) is 4.01. The average Bonchev–Trinajstić information content (AvgIpc) is 1.77. The van der Waals surface area contributed by atoms with Crippen LogP contribution < -0.4 is 0 Å². The fourth-order valence-electron chi connectivity index (χ4n) is 0.368. The van der Waals surface area contributed by atoms with Gasteiger partial charge < -0.3 is 0 Å². The summed E-state index contributed by atoms with van der Waals surface area (Å²) >= 11 is 3.90. The van der Waals surface area contributed by atoms with Crippen molar-refractivity contribution in [3.63, 3.8) is 0 Å². The summed E-state index contributed by atoms with van der Waals surface area (Å²) in [6.07, 6.45) is 1.36. The highest BCUT2D eigenvalue weighted by atomic mass is 32.1. The maximum atomic E-state index is 11.9.